The van der Waals surface area contributed by atoms with E-state index in [4.69, 9.17) is 4.74 Å². The first-order valence-corrected chi connectivity index (χ1v) is 7.40. The molecule has 0 saturated carbocycles. The number of hydrogen-bond acceptors (Lipinski definition) is 5. The second-order valence-corrected chi connectivity index (χ2v) is 5.38. The number of halogens is 3. The molecule has 0 saturated heterocycles. The minimum absolute atomic E-state index is 0.113. The van der Waals surface area contributed by atoms with E-state index in [0.29, 0.717) is 23.4 Å². The predicted octanol–water partition coefficient (Wildman–Crippen LogP) is 2.86. The molecule has 2 aromatic heterocycles. The van der Waals surface area contributed by atoms with Crippen LogP contribution < -0.4 is 5.56 Å². The molecule has 2 aromatic rings. The van der Waals surface area contributed by atoms with Crippen molar-refractivity contribution in [1.29, 1.82) is 0 Å². The van der Waals surface area contributed by atoms with E-state index in [1.54, 1.807) is 5.38 Å². The smallest absolute Gasteiger partial charge is 0.372 e. The average Bonchev–Trinajstić information content (AvgIpc) is 2.89. The van der Waals surface area contributed by atoms with Crippen molar-refractivity contribution in [2.45, 2.75) is 32.7 Å². The summed E-state index contributed by atoms with van der Waals surface area (Å²) < 4.78 is 44.0. The Labute approximate surface area is 128 Å². The maximum Gasteiger partial charge on any atom is 0.435 e. The molecule has 0 fully saturated rings. The van der Waals surface area contributed by atoms with Crippen LogP contribution in [0.2, 0.25) is 0 Å². The molecule has 22 heavy (non-hydrogen) atoms. The SMILES string of the molecule is CCO[C@H](C)c1nc(Cn2nc(C(F)(F)F)ccc2=O)cs1. The van der Waals surface area contributed by atoms with E-state index in [-0.39, 0.29) is 12.6 Å². The molecule has 120 valence electrons. The molecule has 0 radical (unpaired) electrons. The molecule has 5 nitrogen and oxygen atoms in total. The number of aromatic nitrogens is 3. The van der Waals surface area contributed by atoms with E-state index < -0.39 is 17.4 Å². The van der Waals surface area contributed by atoms with Crippen molar-refractivity contribution in [2.24, 2.45) is 0 Å². The highest BCUT2D eigenvalue weighted by molar-refractivity contribution is 7.09. The Bertz CT molecular complexity index is 696. The highest BCUT2D eigenvalue weighted by Gasteiger charge is 2.33. The van der Waals surface area contributed by atoms with E-state index in [9.17, 15) is 18.0 Å². The molecule has 0 N–H and O–H groups in total. The van der Waals surface area contributed by atoms with Gasteiger partial charge in [0.15, 0.2) is 5.69 Å². The van der Waals surface area contributed by atoms with E-state index in [1.165, 1.54) is 11.3 Å². The van der Waals surface area contributed by atoms with Crippen LogP contribution in [0.1, 0.15) is 36.3 Å². The molecule has 2 rings (SSSR count). The van der Waals surface area contributed by atoms with Crippen molar-refractivity contribution >= 4 is 11.3 Å². The van der Waals surface area contributed by atoms with Crippen molar-refractivity contribution in [3.63, 3.8) is 0 Å². The van der Waals surface area contributed by atoms with Gasteiger partial charge >= 0.3 is 6.18 Å². The van der Waals surface area contributed by atoms with Crippen molar-refractivity contribution < 1.29 is 17.9 Å². The zero-order valence-electron chi connectivity index (χ0n) is 11.9. The van der Waals surface area contributed by atoms with Gasteiger partial charge < -0.3 is 4.74 Å². The van der Waals surface area contributed by atoms with Crippen LogP contribution in [0.15, 0.2) is 22.3 Å². The number of thiazole rings is 1. The van der Waals surface area contributed by atoms with Crippen LogP contribution in [0.3, 0.4) is 0 Å². The molecule has 0 aromatic carbocycles. The Morgan fingerprint density at radius 2 is 2.14 bits per heavy atom. The van der Waals surface area contributed by atoms with Crippen LogP contribution in [0.5, 0.6) is 0 Å². The predicted molar refractivity (Wildman–Crippen MR) is 74.8 cm³/mol. The fourth-order valence-electron chi connectivity index (χ4n) is 1.77. The lowest BCUT2D eigenvalue weighted by Crippen LogP contribution is -2.26. The van der Waals surface area contributed by atoms with Gasteiger partial charge in [0.25, 0.3) is 5.56 Å². The molecule has 0 aliphatic rings. The Morgan fingerprint density at radius 1 is 1.41 bits per heavy atom. The first-order chi connectivity index (χ1) is 10.3. The van der Waals surface area contributed by atoms with Gasteiger partial charge in [0.05, 0.1) is 12.2 Å². The summed E-state index contributed by atoms with van der Waals surface area (Å²) in [6.07, 6.45) is -4.79. The monoisotopic (exact) mass is 333 g/mol. The number of hydrogen-bond donors (Lipinski definition) is 0. The van der Waals surface area contributed by atoms with Gasteiger partial charge in [-0.25, -0.2) is 9.67 Å². The summed E-state index contributed by atoms with van der Waals surface area (Å²) >= 11 is 1.33. The Morgan fingerprint density at radius 3 is 2.77 bits per heavy atom. The lowest BCUT2D eigenvalue weighted by molar-refractivity contribution is -0.142. The summed E-state index contributed by atoms with van der Waals surface area (Å²) in [5, 5.41) is 5.73. The number of alkyl halides is 3. The van der Waals surface area contributed by atoms with E-state index in [0.717, 1.165) is 10.7 Å². The van der Waals surface area contributed by atoms with Crippen LogP contribution >= 0.6 is 11.3 Å². The summed E-state index contributed by atoms with van der Waals surface area (Å²) in [6, 6.07) is 1.52. The second-order valence-electron chi connectivity index (χ2n) is 4.49. The zero-order valence-corrected chi connectivity index (χ0v) is 12.7. The number of rotatable bonds is 5. The Hall–Kier alpha value is -1.74. The maximum atomic E-state index is 12.6. The van der Waals surface area contributed by atoms with Crippen LogP contribution in [0.4, 0.5) is 13.2 Å². The molecular formula is C13H14F3N3O2S. The van der Waals surface area contributed by atoms with Crippen molar-refractivity contribution in [1.82, 2.24) is 14.8 Å². The molecule has 0 amide bonds. The number of nitrogens with zero attached hydrogens (tertiary/aromatic N) is 3. The van der Waals surface area contributed by atoms with Gasteiger partial charge in [-0.2, -0.15) is 18.3 Å². The molecule has 2 heterocycles. The van der Waals surface area contributed by atoms with Crippen molar-refractivity contribution in [3.8, 4) is 0 Å². The van der Waals surface area contributed by atoms with Gasteiger partial charge in [-0.05, 0) is 19.9 Å². The molecule has 9 heteroatoms. The summed E-state index contributed by atoms with van der Waals surface area (Å²) in [5.74, 6) is 0. The molecule has 0 bridgehead atoms. The third kappa shape index (κ3) is 3.92. The van der Waals surface area contributed by atoms with E-state index in [2.05, 4.69) is 10.1 Å². The third-order valence-corrected chi connectivity index (χ3v) is 3.86. The van der Waals surface area contributed by atoms with Crippen LogP contribution in [0, 0.1) is 0 Å². The van der Waals surface area contributed by atoms with Gasteiger partial charge in [-0.15, -0.1) is 11.3 Å². The molecular weight excluding hydrogens is 319 g/mol. The Kier molecular flexibility index (Phi) is 4.97. The molecule has 0 aliphatic carbocycles. The van der Waals surface area contributed by atoms with E-state index >= 15 is 0 Å². The fourth-order valence-corrected chi connectivity index (χ4v) is 2.58. The van der Waals surface area contributed by atoms with Crippen LogP contribution in [0.25, 0.3) is 0 Å². The molecule has 0 aliphatic heterocycles. The first-order valence-electron chi connectivity index (χ1n) is 6.52. The first kappa shape index (κ1) is 16.6. The summed E-state index contributed by atoms with van der Waals surface area (Å²) in [7, 11) is 0. The van der Waals surface area contributed by atoms with Gasteiger partial charge in [0.2, 0.25) is 0 Å². The lowest BCUT2D eigenvalue weighted by atomic mass is 10.4. The molecule has 0 spiro atoms. The summed E-state index contributed by atoms with van der Waals surface area (Å²) in [5.41, 5.74) is -1.24. The van der Waals surface area contributed by atoms with Crippen LogP contribution in [-0.2, 0) is 17.5 Å². The topological polar surface area (TPSA) is 57.0 Å². The fraction of sp³-hybridized carbons (Fsp3) is 0.462. The van der Waals surface area contributed by atoms with Gasteiger partial charge in [-0.1, -0.05) is 0 Å². The van der Waals surface area contributed by atoms with Crippen molar-refractivity contribution in [2.75, 3.05) is 6.61 Å². The normalized spacial score (nSPS) is 13.3. The second kappa shape index (κ2) is 6.57. The minimum atomic E-state index is -4.59. The average molecular weight is 333 g/mol. The van der Waals surface area contributed by atoms with Gasteiger partial charge in [0.1, 0.15) is 11.1 Å². The molecule has 1 atom stereocenters. The maximum absolute atomic E-state index is 12.6. The Balaban J connectivity index is 2.22. The highest BCUT2D eigenvalue weighted by atomic mass is 32.1. The standard InChI is InChI=1S/C13H14F3N3O2S/c1-3-21-8(2)12-17-9(7-22-12)6-19-11(20)5-4-10(18-19)13(14,15)16/h4-5,7-8H,3,6H2,1-2H3/t8-/m1/s1. The lowest BCUT2D eigenvalue weighted by Gasteiger charge is -2.08. The van der Waals surface area contributed by atoms with Gasteiger partial charge in [0, 0.05) is 18.1 Å². The quantitative estimate of drug-likeness (QED) is 0.844. The van der Waals surface area contributed by atoms with Crippen molar-refractivity contribution in [3.05, 3.63) is 44.3 Å². The van der Waals surface area contributed by atoms with Crippen LogP contribution in [-0.4, -0.2) is 21.4 Å². The van der Waals surface area contributed by atoms with Gasteiger partial charge in [-0.3, -0.25) is 4.79 Å². The largest absolute Gasteiger partial charge is 0.435 e. The van der Waals surface area contributed by atoms with E-state index in [1.807, 2.05) is 13.8 Å². The third-order valence-electron chi connectivity index (χ3n) is 2.80. The zero-order chi connectivity index (χ0) is 16.3. The highest BCUT2D eigenvalue weighted by Crippen LogP contribution is 2.26. The number of ether oxygens (including phenoxy) is 1. The molecule has 0 unspecified atom stereocenters. The minimum Gasteiger partial charge on any atom is -0.372 e. The summed E-state index contributed by atoms with van der Waals surface area (Å²) in [4.78, 5) is 15.9. The summed E-state index contributed by atoms with van der Waals surface area (Å²) in [6.45, 7) is 4.11.